The van der Waals surface area contributed by atoms with E-state index in [2.05, 4.69) is 11.4 Å². The molecule has 4 nitrogen and oxygen atoms in total. The Bertz CT molecular complexity index is 282. The van der Waals surface area contributed by atoms with Gasteiger partial charge in [-0.15, -0.1) is 0 Å². The molecule has 0 spiro atoms. The van der Waals surface area contributed by atoms with Crippen LogP contribution in [0, 0.1) is 11.3 Å². The van der Waals surface area contributed by atoms with E-state index in [1.54, 1.807) is 0 Å². The average Bonchev–Trinajstić information content (AvgIpc) is 2.78. The normalized spacial score (nSPS) is 17.7. The summed E-state index contributed by atoms with van der Waals surface area (Å²) in [5.74, 6) is 0. The number of carbonyl (C=O) groups excluding carboxylic acids is 1. The Hall–Kier alpha value is -1.24. The van der Waals surface area contributed by atoms with Gasteiger partial charge in [-0.05, 0) is 40.0 Å². The largest absolute Gasteiger partial charge is 0.444 e. The lowest BCUT2D eigenvalue weighted by atomic mass is 10.1. The van der Waals surface area contributed by atoms with Gasteiger partial charge in [0, 0.05) is 12.0 Å². The summed E-state index contributed by atoms with van der Waals surface area (Å²) in [7, 11) is 0. The van der Waals surface area contributed by atoms with Gasteiger partial charge >= 0.3 is 6.09 Å². The van der Waals surface area contributed by atoms with E-state index in [1.807, 2.05) is 20.8 Å². The van der Waals surface area contributed by atoms with Gasteiger partial charge in [0.15, 0.2) is 0 Å². The second-order valence-corrected chi connectivity index (χ2v) is 5.07. The van der Waals surface area contributed by atoms with Crippen molar-refractivity contribution in [2.24, 2.45) is 0 Å². The van der Waals surface area contributed by atoms with Crippen molar-refractivity contribution < 1.29 is 9.53 Å². The van der Waals surface area contributed by atoms with E-state index >= 15 is 0 Å². The van der Waals surface area contributed by atoms with Gasteiger partial charge in [-0.25, -0.2) is 4.79 Å². The summed E-state index contributed by atoms with van der Waals surface area (Å²) in [5.41, 5.74) is -0.618. The van der Waals surface area contributed by atoms with Crippen LogP contribution in [0.2, 0.25) is 0 Å². The molecule has 84 valence electrons. The number of nitrogens with zero attached hydrogens (tertiary/aromatic N) is 1. The molecule has 0 aromatic rings. The first kappa shape index (κ1) is 11.8. The number of hydrogen-bond donors (Lipinski definition) is 1. The third-order valence-electron chi connectivity index (χ3n) is 2.34. The van der Waals surface area contributed by atoms with Gasteiger partial charge in [-0.3, -0.25) is 0 Å². The number of rotatable bonds is 3. The van der Waals surface area contributed by atoms with Crippen molar-refractivity contribution in [2.75, 3.05) is 0 Å². The van der Waals surface area contributed by atoms with Crippen LogP contribution in [-0.4, -0.2) is 17.2 Å². The predicted molar refractivity (Wildman–Crippen MR) is 56.2 cm³/mol. The Morgan fingerprint density at radius 3 is 2.53 bits per heavy atom. The molecule has 0 atom stereocenters. The summed E-state index contributed by atoms with van der Waals surface area (Å²) in [5, 5.41) is 11.3. The lowest BCUT2D eigenvalue weighted by molar-refractivity contribution is 0.0494. The Morgan fingerprint density at radius 2 is 2.13 bits per heavy atom. The van der Waals surface area contributed by atoms with Crippen LogP contribution in [0.15, 0.2) is 0 Å². The lowest BCUT2D eigenvalue weighted by Crippen LogP contribution is -2.40. The van der Waals surface area contributed by atoms with E-state index in [-0.39, 0.29) is 11.6 Å². The van der Waals surface area contributed by atoms with Crippen molar-refractivity contribution in [3.63, 3.8) is 0 Å². The van der Waals surface area contributed by atoms with Gasteiger partial charge in [-0.2, -0.15) is 5.26 Å². The number of ether oxygens (including phenoxy) is 1. The van der Waals surface area contributed by atoms with Crippen LogP contribution in [0.3, 0.4) is 0 Å². The molecule has 4 heteroatoms. The molecule has 0 saturated heterocycles. The molecule has 0 heterocycles. The fourth-order valence-electron chi connectivity index (χ4n) is 1.40. The third-order valence-corrected chi connectivity index (χ3v) is 2.34. The number of carbonyl (C=O) groups is 1. The number of nitriles is 1. The maximum Gasteiger partial charge on any atom is 0.408 e. The summed E-state index contributed by atoms with van der Waals surface area (Å²) in [6, 6.07) is 2.09. The van der Waals surface area contributed by atoms with Crippen LogP contribution >= 0.6 is 0 Å². The molecule has 1 rings (SSSR count). The molecule has 1 amide bonds. The maximum absolute atomic E-state index is 11.5. The second-order valence-electron chi connectivity index (χ2n) is 5.07. The number of alkyl carbamates (subject to hydrolysis) is 1. The van der Waals surface area contributed by atoms with E-state index in [0.29, 0.717) is 6.42 Å². The molecule has 0 aromatic heterocycles. The van der Waals surface area contributed by atoms with Gasteiger partial charge in [0.2, 0.25) is 0 Å². The molecule has 0 aromatic carbocycles. The zero-order valence-electron chi connectivity index (χ0n) is 9.59. The zero-order chi connectivity index (χ0) is 11.5. The first-order valence-corrected chi connectivity index (χ1v) is 5.25. The summed E-state index contributed by atoms with van der Waals surface area (Å²) in [6.45, 7) is 5.50. The number of nitrogens with one attached hydrogen (secondary N) is 1. The fourth-order valence-corrected chi connectivity index (χ4v) is 1.40. The minimum absolute atomic E-state index is 0.155. The first-order chi connectivity index (χ1) is 6.87. The SMILES string of the molecule is CC(C)(C)OC(=O)NC1(CCC#N)CC1. The van der Waals surface area contributed by atoms with E-state index in [0.717, 1.165) is 19.3 Å². The Labute approximate surface area is 90.6 Å². The molecule has 1 aliphatic rings. The predicted octanol–water partition coefficient (Wildman–Crippen LogP) is 2.35. The summed E-state index contributed by atoms with van der Waals surface area (Å²) < 4.78 is 5.16. The molecule has 15 heavy (non-hydrogen) atoms. The summed E-state index contributed by atoms with van der Waals surface area (Å²) in [4.78, 5) is 11.5. The molecule has 1 fully saturated rings. The van der Waals surface area contributed by atoms with E-state index in [9.17, 15) is 4.79 Å². The Balaban J connectivity index is 2.35. The standard InChI is InChI=1S/C11H18N2O2/c1-10(2,3)15-9(14)13-11(6-7-11)5-4-8-12/h4-7H2,1-3H3,(H,13,14). The van der Waals surface area contributed by atoms with Gasteiger partial charge in [0.25, 0.3) is 0 Å². The first-order valence-electron chi connectivity index (χ1n) is 5.25. The molecule has 1 N–H and O–H groups in total. The van der Waals surface area contributed by atoms with Crippen LogP contribution in [0.1, 0.15) is 46.5 Å². The Kier molecular flexibility index (Phi) is 3.23. The highest BCUT2D eigenvalue weighted by Gasteiger charge is 2.44. The highest BCUT2D eigenvalue weighted by Crippen LogP contribution is 2.39. The van der Waals surface area contributed by atoms with E-state index < -0.39 is 5.60 Å². The highest BCUT2D eigenvalue weighted by atomic mass is 16.6. The molecular formula is C11H18N2O2. The average molecular weight is 210 g/mol. The number of amides is 1. The molecule has 0 aliphatic heterocycles. The monoisotopic (exact) mass is 210 g/mol. The van der Waals surface area contributed by atoms with E-state index in [4.69, 9.17) is 10.00 Å². The smallest absolute Gasteiger partial charge is 0.408 e. The zero-order valence-corrected chi connectivity index (χ0v) is 9.59. The van der Waals surface area contributed by atoms with Crippen molar-refractivity contribution >= 4 is 6.09 Å². The van der Waals surface area contributed by atoms with Crippen LogP contribution in [0.5, 0.6) is 0 Å². The fraction of sp³-hybridized carbons (Fsp3) is 0.818. The van der Waals surface area contributed by atoms with Crippen molar-refractivity contribution in [1.82, 2.24) is 5.32 Å². The molecule has 0 bridgehead atoms. The van der Waals surface area contributed by atoms with Crippen molar-refractivity contribution in [3.8, 4) is 6.07 Å². The second kappa shape index (κ2) is 4.09. The van der Waals surface area contributed by atoms with Crippen LogP contribution in [0.25, 0.3) is 0 Å². The van der Waals surface area contributed by atoms with E-state index in [1.165, 1.54) is 0 Å². The van der Waals surface area contributed by atoms with Gasteiger partial charge < -0.3 is 10.1 Å². The lowest BCUT2D eigenvalue weighted by Gasteiger charge is -2.22. The van der Waals surface area contributed by atoms with Crippen molar-refractivity contribution in [1.29, 1.82) is 5.26 Å². The molecule has 1 aliphatic carbocycles. The van der Waals surface area contributed by atoms with Gasteiger partial charge in [0.05, 0.1) is 6.07 Å². The molecule has 1 saturated carbocycles. The highest BCUT2D eigenvalue weighted by molar-refractivity contribution is 5.69. The molecule has 0 radical (unpaired) electrons. The minimum Gasteiger partial charge on any atom is -0.444 e. The summed E-state index contributed by atoms with van der Waals surface area (Å²) >= 11 is 0. The van der Waals surface area contributed by atoms with Crippen LogP contribution < -0.4 is 5.32 Å². The topological polar surface area (TPSA) is 62.1 Å². The van der Waals surface area contributed by atoms with Crippen LogP contribution in [-0.2, 0) is 4.74 Å². The quantitative estimate of drug-likeness (QED) is 0.777. The number of hydrogen-bond acceptors (Lipinski definition) is 3. The van der Waals surface area contributed by atoms with Crippen molar-refractivity contribution in [3.05, 3.63) is 0 Å². The molecular weight excluding hydrogens is 192 g/mol. The van der Waals surface area contributed by atoms with Gasteiger partial charge in [0.1, 0.15) is 5.60 Å². The Morgan fingerprint density at radius 1 is 1.53 bits per heavy atom. The van der Waals surface area contributed by atoms with Crippen molar-refractivity contribution in [2.45, 2.75) is 57.6 Å². The van der Waals surface area contributed by atoms with Crippen LogP contribution in [0.4, 0.5) is 4.79 Å². The summed E-state index contributed by atoms with van der Waals surface area (Å²) in [6.07, 6.45) is 2.73. The maximum atomic E-state index is 11.5. The molecule has 0 unspecified atom stereocenters. The van der Waals surface area contributed by atoms with Gasteiger partial charge in [-0.1, -0.05) is 0 Å². The third kappa shape index (κ3) is 4.20. The minimum atomic E-state index is -0.463.